The molecule has 1 fully saturated rings. The van der Waals surface area contributed by atoms with Crippen molar-refractivity contribution in [3.63, 3.8) is 0 Å². The van der Waals surface area contributed by atoms with Crippen molar-refractivity contribution in [2.45, 2.75) is 66.2 Å². The van der Waals surface area contributed by atoms with E-state index in [1.807, 2.05) is 159 Å². The maximum absolute atomic E-state index is 15.0. The number of esters is 1. The molecule has 5 aromatic carbocycles. The van der Waals surface area contributed by atoms with Gasteiger partial charge in [0.25, 0.3) is 11.8 Å². The summed E-state index contributed by atoms with van der Waals surface area (Å²) >= 11 is 5.29. The molecule has 0 spiro atoms. The Morgan fingerprint density at radius 2 is 1.36 bits per heavy atom. The Morgan fingerprint density at radius 1 is 0.806 bits per heavy atom. The normalized spacial score (nSPS) is 16.3. The number of benzene rings is 5. The lowest BCUT2D eigenvalue weighted by molar-refractivity contribution is -0.154. The highest BCUT2D eigenvalue weighted by Gasteiger charge is 2.55. The molecular formula is C53H48N8O7S4. The van der Waals surface area contributed by atoms with E-state index in [4.69, 9.17) is 14.3 Å². The molecule has 1 saturated heterocycles. The molecule has 2 aliphatic heterocycles. The number of fused-ring (bicyclic) bond motifs is 1. The predicted octanol–water partition coefficient (Wildman–Crippen LogP) is 10.1. The third kappa shape index (κ3) is 11.1. The summed E-state index contributed by atoms with van der Waals surface area (Å²) in [7, 11) is 0. The molecule has 0 bridgehead atoms. The number of thioether (sulfide) groups is 3. The summed E-state index contributed by atoms with van der Waals surface area (Å²) in [6.45, 7) is 7.20. The number of aromatic nitrogens is 4. The van der Waals surface area contributed by atoms with Crippen LogP contribution in [0.1, 0.15) is 67.3 Å². The van der Waals surface area contributed by atoms with Crippen LogP contribution in [0.15, 0.2) is 184 Å². The van der Waals surface area contributed by atoms with Gasteiger partial charge in [0.05, 0.1) is 4.58 Å². The van der Waals surface area contributed by atoms with Crippen molar-refractivity contribution in [1.29, 1.82) is 0 Å². The molecule has 2 aliphatic rings. The van der Waals surface area contributed by atoms with Gasteiger partial charge in [-0.25, -0.2) is 19.6 Å². The Bertz CT molecular complexity index is 2930. The van der Waals surface area contributed by atoms with E-state index in [1.54, 1.807) is 26.2 Å². The molecule has 3 N–H and O–H groups in total. The Morgan fingerprint density at radius 3 is 1.89 bits per heavy atom. The average molecular weight is 1040 g/mol. The number of thiazole rings is 1. The molecule has 3 atom stereocenters. The summed E-state index contributed by atoms with van der Waals surface area (Å²) in [5.41, 5.74) is 1.35. The van der Waals surface area contributed by atoms with Gasteiger partial charge in [0.15, 0.2) is 22.1 Å². The smallest absolute Gasteiger partial charge is 0.413 e. The predicted molar refractivity (Wildman–Crippen MR) is 281 cm³/mol. The molecule has 0 radical (unpaired) electrons. The first-order chi connectivity index (χ1) is 34.9. The lowest BCUT2D eigenvalue weighted by Gasteiger charge is -2.49. The van der Waals surface area contributed by atoms with E-state index in [9.17, 15) is 19.2 Å². The van der Waals surface area contributed by atoms with Crippen LogP contribution in [0.25, 0.3) is 0 Å². The zero-order chi connectivity index (χ0) is 50.2. The molecule has 72 heavy (non-hydrogen) atoms. The van der Waals surface area contributed by atoms with Crippen molar-refractivity contribution in [3.05, 3.63) is 207 Å². The van der Waals surface area contributed by atoms with E-state index >= 15 is 0 Å². The topological polar surface area (TPSA) is 190 Å². The summed E-state index contributed by atoms with van der Waals surface area (Å²) in [6.07, 6.45) is -0.106. The van der Waals surface area contributed by atoms with Crippen LogP contribution in [0.3, 0.4) is 0 Å². The molecule has 0 saturated carbocycles. The molecule has 366 valence electrons. The highest BCUT2D eigenvalue weighted by Crippen LogP contribution is 2.47. The molecule has 1 unspecified atom stereocenters. The van der Waals surface area contributed by atoms with Crippen molar-refractivity contribution < 1.29 is 33.5 Å². The average Bonchev–Trinajstić information content (AvgIpc) is 4.09. The van der Waals surface area contributed by atoms with E-state index in [0.717, 1.165) is 39.2 Å². The second-order valence-corrected chi connectivity index (χ2v) is 22.3. The van der Waals surface area contributed by atoms with Crippen molar-refractivity contribution in [3.8, 4) is 0 Å². The largest absolute Gasteiger partial charge is 0.448 e. The van der Waals surface area contributed by atoms with Crippen LogP contribution >= 0.6 is 46.6 Å². The van der Waals surface area contributed by atoms with Gasteiger partial charge < -0.3 is 19.6 Å². The van der Waals surface area contributed by atoms with Gasteiger partial charge in [-0.2, -0.15) is 5.10 Å². The van der Waals surface area contributed by atoms with Gasteiger partial charge in [0.2, 0.25) is 5.60 Å². The fourth-order valence-electron chi connectivity index (χ4n) is 8.09. The fraction of sp³-hybridized carbons (Fsp3) is 0.208. The number of nitrogens with zero attached hydrogens (tertiary/aromatic N) is 5. The first-order valence-electron chi connectivity index (χ1n) is 22.7. The number of rotatable bonds is 17. The summed E-state index contributed by atoms with van der Waals surface area (Å²) in [5, 5.41) is 18.6. The fourth-order valence-corrected chi connectivity index (χ4v) is 12.5. The van der Waals surface area contributed by atoms with Gasteiger partial charge in [-0.1, -0.05) is 169 Å². The second kappa shape index (κ2) is 22.1. The van der Waals surface area contributed by atoms with Crippen LogP contribution in [-0.4, -0.2) is 82.0 Å². The van der Waals surface area contributed by atoms with Gasteiger partial charge in [-0.15, -0.1) is 34.9 Å². The highest BCUT2D eigenvalue weighted by atomic mass is 32.2. The third-order valence-corrected chi connectivity index (χ3v) is 15.7. The Kier molecular flexibility index (Phi) is 15.3. The molecular weight excluding hydrogens is 989 g/mol. The first kappa shape index (κ1) is 49.8. The number of oxime groups is 1. The number of β-lactam (4-membered cyclic amide) rings is 1. The minimum absolute atomic E-state index is 0.0560. The molecule has 15 nitrogen and oxygen atoms in total. The SMILES string of the molecule is CC(SC1=C(C(=O)OC(c2ccccc2)c2ccccc2)N2C(=O)[C@@H](NC(=O)C(=NOC(c3ccccc3)(c3ccccc3)c3ccccc3)c3csc(NC(=O)OC(C)(C)C)n3)[C@@H]2SC1)Sc1ncn[nH]1. The number of hydrogen-bond acceptors (Lipinski definition) is 15. The van der Waals surface area contributed by atoms with E-state index in [-0.39, 0.29) is 26.8 Å². The lowest BCUT2D eigenvalue weighted by atomic mass is 9.80. The van der Waals surface area contributed by atoms with Gasteiger partial charge in [0.1, 0.15) is 34.7 Å². The van der Waals surface area contributed by atoms with E-state index in [2.05, 4.69) is 36.0 Å². The number of aromatic amines is 1. The number of H-pyrrole nitrogens is 1. The molecule has 2 aromatic heterocycles. The quantitative estimate of drug-likeness (QED) is 0.0149. The van der Waals surface area contributed by atoms with Crippen LogP contribution in [0.5, 0.6) is 0 Å². The zero-order valence-electron chi connectivity index (χ0n) is 39.3. The standard InChI is InChI=1S/C53H48N8O7S4/c1-33(72-49-54-32-55-59-49)71-40-31-69-47-42(46(63)61(47)43(40)48(64)66-44(34-20-10-5-11-21-34)35-22-12-6-13-23-35)57-45(62)41(39-30-70-50(56-39)58-51(65)67-52(2,3)4)60-68-53(36-24-14-7-15-25-36,37-26-16-8-17-27-37)38-28-18-9-19-29-38/h5-30,32-33,42,44,47H,31H2,1-4H3,(H,57,62)(H,54,55,59)(H,56,58,65)/t33?,42-,47+/m1/s1. The lowest BCUT2D eigenvalue weighted by Crippen LogP contribution is -2.71. The van der Waals surface area contributed by atoms with Crippen LogP contribution in [0.4, 0.5) is 9.93 Å². The van der Waals surface area contributed by atoms with E-state index < -0.39 is 52.6 Å². The van der Waals surface area contributed by atoms with Gasteiger partial charge >= 0.3 is 12.1 Å². The maximum atomic E-state index is 15.0. The summed E-state index contributed by atoms with van der Waals surface area (Å²) in [5.74, 6) is -1.69. The van der Waals surface area contributed by atoms with Gasteiger partial charge in [-0.3, -0.25) is 24.9 Å². The molecule has 9 rings (SSSR count). The summed E-state index contributed by atoms with van der Waals surface area (Å²) < 4.78 is 11.7. The van der Waals surface area contributed by atoms with Crippen LogP contribution in [0, 0.1) is 0 Å². The number of nitrogens with one attached hydrogen (secondary N) is 3. The maximum Gasteiger partial charge on any atom is 0.413 e. The van der Waals surface area contributed by atoms with Crippen molar-refractivity contribution in [2.75, 3.05) is 11.1 Å². The van der Waals surface area contributed by atoms with E-state index in [1.165, 1.54) is 46.5 Å². The molecule has 19 heteroatoms. The molecule has 3 amide bonds. The van der Waals surface area contributed by atoms with Crippen molar-refractivity contribution >= 4 is 81.3 Å². The third-order valence-electron chi connectivity index (χ3n) is 11.2. The van der Waals surface area contributed by atoms with E-state index in [0.29, 0.717) is 15.8 Å². The zero-order valence-corrected chi connectivity index (χ0v) is 42.6. The Labute approximate surface area is 432 Å². The molecule has 7 aromatic rings. The number of anilines is 1. The Balaban J connectivity index is 1.06. The minimum atomic E-state index is -1.39. The summed E-state index contributed by atoms with van der Waals surface area (Å²) in [6, 6.07) is 46.3. The van der Waals surface area contributed by atoms with Gasteiger partial charge in [0, 0.05) is 32.7 Å². The number of ether oxygens (including phenoxy) is 2. The summed E-state index contributed by atoms with van der Waals surface area (Å²) in [4.78, 5) is 75.0. The van der Waals surface area contributed by atoms with Crippen molar-refractivity contribution in [1.82, 2.24) is 30.4 Å². The highest BCUT2D eigenvalue weighted by molar-refractivity contribution is 8.19. The van der Waals surface area contributed by atoms with Gasteiger partial charge in [-0.05, 0) is 38.8 Å². The monoisotopic (exact) mass is 1040 g/mol. The number of carbonyl (C=O) groups is 4. The molecule has 4 heterocycles. The van der Waals surface area contributed by atoms with Crippen LogP contribution in [0.2, 0.25) is 0 Å². The number of carbonyl (C=O) groups excluding carboxylic acids is 4. The first-order valence-corrected chi connectivity index (χ1v) is 26.4. The van der Waals surface area contributed by atoms with Crippen molar-refractivity contribution in [2.24, 2.45) is 5.16 Å². The molecule has 0 aliphatic carbocycles. The number of amides is 3. The van der Waals surface area contributed by atoms with Crippen LogP contribution < -0.4 is 10.6 Å². The minimum Gasteiger partial charge on any atom is -0.448 e. The Hall–Kier alpha value is -7.19. The van der Waals surface area contributed by atoms with Crippen LogP contribution in [-0.2, 0) is 34.3 Å². The second-order valence-electron chi connectivity index (χ2n) is 17.3. The number of hydrogen-bond donors (Lipinski definition) is 3.